The Labute approximate surface area is 112 Å². The maximum absolute atomic E-state index is 5.68. The molecule has 0 bridgehead atoms. The Hall–Kier alpha value is -2.27. The summed E-state index contributed by atoms with van der Waals surface area (Å²) in [6, 6.07) is 11.3. The van der Waals surface area contributed by atoms with E-state index >= 15 is 0 Å². The fourth-order valence-electron chi connectivity index (χ4n) is 1.64. The molecule has 2 aromatic rings. The summed E-state index contributed by atoms with van der Waals surface area (Å²) < 4.78 is 11.0. The van der Waals surface area contributed by atoms with E-state index in [2.05, 4.69) is 10.4 Å². The van der Waals surface area contributed by atoms with Crippen molar-refractivity contribution in [2.24, 2.45) is 5.84 Å². The van der Waals surface area contributed by atoms with Gasteiger partial charge in [-0.2, -0.15) is 0 Å². The van der Waals surface area contributed by atoms with Gasteiger partial charge in [-0.1, -0.05) is 6.07 Å². The first kappa shape index (κ1) is 13.2. The number of nitrogens with zero attached hydrogens (tertiary/aromatic N) is 1. The van der Waals surface area contributed by atoms with Gasteiger partial charge in [-0.05, 0) is 37.3 Å². The summed E-state index contributed by atoms with van der Waals surface area (Å²) in [5, 5.41) is 0. The molecule has 19 heavy (non-hydrogen) atoms. The average Bonchev–Trinajstić information content (AvgIpc) is 2.47. The van der Waals surface area contributed by atoms with Gasteiger partial charge in [0.1, 0.15) is 23.9 Å². The highest BCUT2D eigenvalue weighted by atomic mass is 16.5. The number of benzene rings is 1. The maximum atomic E-state index is 5.68. The second kappa shape index (κ2) is 6.61. The summed E-state index contributed by atoms with van der Waals surface area (Å²) in [5.74, 6) is 7.61. The summed E-state index contributed by atoms with van der Waals surface area (Å²) in [5.41, 5.74) is 3.45. The fourth-order valence-corrected chi connectivity index (χ4v) is 1.64. The number of hydrogen-bond donors (Lipinski definition) is 2. The van der Waals surface area contributed by atoms with E-state index in [0.29, 0.717) is 19.0 Å². The van der Waals surface area contributed by atoms with Crippen molar-refractivity contribution in [2.45, 2.75) is 13.5 Å². The molecular weight excluding hydrogens is 242 g/mol. The molecular formula is C14H17N3O2. The monoisotopic (exact) mass is 259 g/mol. The van der Waals surface area contributed by atoms with Crippen LogP contribution in [0.2, 0.25) is 0 Å². The number of aromatic nitrogens is 1. The van der Waals surface area contributed by atoms with Crippen LogP contribution in [0.3, 0.4) is 0 Å². The van der Waals surface area contributed by atoms with Crippen LogP contribution in [0.25, 0.3) is 0 Å². The number of nitrogens with two attached hydrogens (primary N) is 1. The molecule has 1 heterocycles. The summed E-state index contributed by atoms with van der Waals surface area (Å²) in [4.78, 5) is 4.11. The van der Waals surface area contributed by atoms with Gasteiger partial charge in [0.15, 0.2) is 0 Å². The number of hydrogen-bond acceptors (Lipinski definition) is 5. The molecule has 0 saturated carbocycles. The molecule has 0 atom stereocenters. The van der Waals surface area contributed by atoms with Gasteiger partial charge >= 0.3 is 0 Å². The minimum atomic E-state index is 0.404. The number of nitrogens with one attached hydrogen (secondary N) is 1. The number of anilines is 1. The van der Waals surface area contributed by atoms with Crippen molar-refractivity contribution in [2.75, 3.05) is 12.0 Å². The van der Waals surface area contributed by atoms with Gasteiger partial charge in [0, 0.05) is 11.8 Å². The summed E-state index contributed by atoms with van der Waals surface area (Å²) in [6.45, 7) is 3.01. The van der Waals surface area contributed by atoms with E-state index in [1.807, 2.05) is 43.3 Å². The number of nitrogen functional groups attached to an aromatic ring is 1. The van der Waals surface area contributed by atoms with E-state index < -0.39 is 0 Å². The first-order valence-corrected chi connectivity index (χ1v) is 6.09. The molecule has 1 aromatic heterocycles. The predicted molar refractivity (Wildman–Crippen MR) is 74.0 cm³/mol. The lowest BCUT2D eigenvalue weighted by Gasteiger charge is -2.10. The summed E-state index contributed by atoms with van der Waals surface area (Å²) in [7, 11) is 0. The van der Waals surface area contributed by atoms with Crippen LogP contribution >= 0.6 is 0 Å². The Morgan fingerprint density at radius 1 is 1.11 bits per heavy atom. The van der Waals surface area contributed by atoms with E-state index in [1.165, 1.54) is 0 Å². The Morgan fingerprint density at radius 2 is 1.79 bits per heavy atom. The van der Waals surface area contributed by atoms with Gasteiger partial charge in [0.25, 0.3) is 0 Å². The zero-order chi connectivity index (χ0) is 13.5. The molecule has 2 rings (SSSR count). The van der Waals surface area contributed by atoms with E-state index in [9.17, 15) is 0 Å². The zero-order valence-electron chi connectivity index (χ0n) is 10.8. The number of rotatable bonds is 6. The highest BCUT2D eigenvalue weighted by molar-refractivity contribution is 5.42. The molecule has 0 aliphatic rings. The van der Waals surface area contributed by atoms with Crippen molar-refractivity contribution in [3.63, 3.8) is 0 Å². The molecule has 0 radical (unpaired) electrons. The quantitative estimate of drug-likeness (QED) is 0.615. The van der Waals surface area contributed by atoms with Crippen LogP contribution in [0.1, 0.15) is 12.5 Å². The minimum Gasteiger partial charge on any atom is -0.494 e. The molecule has 0 aliphatic heterocycles. The third kappa shape index (κ3) is 3.59. The molecule has 0 spiro atoms. The van der Waals surface area contributed by atoms with Gasteiger partial charge in [-0.3, -0.25) is 0 Å². The molecule has 0 amide bonds. The first-order valence-electron chi connectivity index (χ1n) is 6.09. The molecule has 5 nitrogen and oxygen atoms in total. The van der Waals surface area contributed by atoms with Crippen LogP contribution in [-0.4, -0.2) is 11.6 Å². The zero-order valence-corrected chi connectivity index (χ0v) is 10.8. The highest BCUT2D eigenvalue weighted by Crippen LogP contribution is 2.19. The number of ether oxygens (including phenoxy) is 2. The number of hydrazine groups is 1. The van der Waals surface area contributed by atoms with Crippen LogP contribution in [-0.2, 0) is 6.61 Å². The van der Waals surface area contributed by atoms with Crippen molar-refractivity contribution in [1.82, 2.24) is 4.98 Å². The van der Waals surface area contributed by atoms with E-state index in [4.69, 9.17) is 15.3 Å². The van der Waals surface area contributed by atoms with Crippen LogP contribution < -0.4 is 20.7 Å². The molecule has 0 unspecified atom stereocenters. The average molecular weight is 259 g/mol. The lowest BCUT2D eigenvalue weighted by Crippen LogP contribution is -2.12. The van der Waals surface area contributed by atoms with Crippen molar-refractivity contribution < 1.29 is 9.47 Å². The lowest BCUT2D eigenvalue weighted by molar-refractivity contribution is 0.304. The van der Waals surface area contributed by atoms with Gasteiger partial charge in [0.05, 0.1) is 6.61 Å². The summed E-state index contributed by atoms with van der Waals surface area (Å²) >= 11 is 0. The van der Waals surface area contributed by atoms with Gasteiger partial charge in [-0.25, -0.2) is 10.8 Å². The minimum absolute atomic E-state index is 0.404. The second-order valence-electron chi connectivity index (χ2n) is 3.85. The smallest absolute Gasteiger partial charge is 0.146 e. The van der Waals surface area contributed by atoms with Gasteiger partial charge < -0.3 is 14.9 Å². The van der Waals surface area contributed by atoms with Crippen LogP contribution in [0.4, 0.5) is 5.82 Å². The Balaban J connectivity index is 1.98. The molecule has 100 valence electrons. The SMILES string of the molecule is CCOc1ccc(OCc2cccnc2NN)cc1. The van der Waals surface area contributed by atoms with Crippen molar-refractivity contribution in [1.29, 1.82) is 0 Å². The van der Waals surface area contributed by atoms with Crippen molar-refractivity contribution in [3.8, 4) is 11.5 Å². The topological polar surface area (TPSA) is 69.4 Å². The normalized spacial score (nSPS) is 10.0. The third-order valence-electron chi connectivity index (χ3n) is 2.56. The Kier molecular flexibility index (Phi) is 4.58. The van der Waals surface area contributed by atoms with Crippen LogP contribution in [0.5, 0.6) is 11.5 Å². The first-order chi connectivity index (χ1) is 9.33. The Bertz CT molecular complexity index is 514. The third-order valence-corrected chi connectivity index (χ3v) is 2.56. The maximum Gasteiger partial charge on any atom is 0.146 e. The van der Waals surface area contributed by atoms with Gasteiger partial charge in [0.2, 0.25) is 0 Å². The molecule has 0 fully saturated rings. The fraction of sp³-hybridized carbons (Fsp3) is 0.214. The summed E-state index contributed by atoms with van der Waals surface area (Å²) in [6.07, 6.45) is 1.68. The molecule has 5 heteroatoms. The molecule has 0 aliphatic carbocycles. The van der Waals surface area contributed by atoms with E-state index in [-0.39, 0.29) is 0 Å². The largest absolute Gasteiger partial charge is 0.494 e. The molecule has 0 saturated heterocycles. The standard InChI is InChI=1S/C14H17N3O2/c1-2-18-12-5-7-13(8-6-12)19-10-11-4-3-9-16-14(11)17-15/h3-9H,2,10,15H2,1H3,(H,16,17). The van der Waals surface area contributed by atoms with Crippen LogP contribution in [0, 0.1) is 0 Å². The van der Waals surface area contributed by atoms with E-state index in [1.54, 1.807) is 6.20 Å². The second-order valence-corrected chi connectivity index (χ2v) is 3.85. The highest BCUT2D eigenvalue weighted by Gasteiger charge is 2.02. The molecule has 3 N–H and O–H groups in total. The van der Waals surface area contributed by atoms with Crippen LogP contribution in [0.15, 0.2) is 42.6 Å². The number of pyridine rings is 1. The predicted octanol–water partition coefficient (Wildman–Crippen LogP) is 2.34. The molecule has 1 aromatic carbocycles. The van der Waals surface area contributed by atoms with Crippen molar-refractivity contribution in [3.05, 3.63) is 48.2 Å². The van der Waals surface area contributed by atoms with Crippen molar-refractivity contribution >= 4 is 5.82 Å². The lowest BCUT2D eigenvalue weighted by atomic mass is 10.2. The van der Waals surface area contributed by atoms with Gasteiger partial charge in [-0.15, -0.1) is 0 Å². The Morgan fingerprint density at radius 3 is 2.42 bits per heavy atom. The van der Waals surface area contributed by atoms with E-state index in [0.717, 1.165) is 17.1 Å².